The van der Waals surface area contributed by atoms with E-state index in [2.05, 4.69) is 10.6 Å². The molecule has 0 spiro atoms. The lowest BCUT2D eigenvalue weighted by atomic mass is 10.1. The van der Waals surface area contributed by atoms with Crippen molar-refractivity contribution in [2.75, 3.05) is 12.4 Å². The molecule has 1 unspecified atom stereocenters. The Bertz CT molecular complexity index is 1340. The summed E-state index contributed by atoms with van der Waals surface area (Å²) in [6.07, 6.45) is 0. The number of hydrogen-bond acceptors (Lipinski definition) is 9. The van der Waals surface area contributed by atoms with Crippen LogP contribution in [0.25, 0.3) is 0 Å². The van der Waals surface area contributed by atoms with Crippen LogP contribution in [0.3, 0.4) is 0 Å². The minimum atomic E-state index is -0.946. The maximum absolute atomic E-state index is 13.0. The van der Waals surface area contributed by atoms with Gasteiger partial charge in [-0.2, -0.15) is 0 Å². The van der Waals surface area contributed by atoms with Crippen molar-refractivity contribution in [3.8, 4) is 0 Å². The summed E-state index contributed by atoms with van der Waals surface area (Å²) in [4.78, 5) is 59.1. The highest BCUT2D eigenvalue weighted by molar-refractivity contribution is 7.18. The molecule has 186 valence electrons. The van der Waals surface area contributed by atoms with Crippen LogP contribution in [-0.4, -0.2) is 34.7 Å². The summed E-state index contributed by atoms with van der Waals surface area (Å²) in [6.45, 7) is 3.30. The van der Waals surface area contributed by atoms with E-state index in [1.165, 1.54) is 6.92 Å². The van der Waals surface area contributed by atoms with Crippen LogP contribution in [0.1, 0.15) is 54.5 Å². The Morgan fingerprint density at radius 3 is 2.08 bits per heavy atom. The first-order valence-corrected chi connectivity index (χ1v) is 11.2. The lowest BCUT2D eigenvalue weighted by Gasteiger charge is -2.14. The fourth-order valence-electron chi connectivity index (χ4n) is 3.37. The summed E-state index contributed by atoms with van der Waals surface area (Å²) in [5.41, 5.74) is -0.645. The Hall–Kier alpha value is -4.65. The number of methoxy groups -OCH3 is 1. The molecule has 0 radical (unpaired) electrons. The predicted octanol–water partition coefficient (Wildman–Crippen LogP) is 4.40. The SMILES string of the molecule is COC(=O)c1c(NC(=O)c2cc([N+](=O)[O-])cc([N+](=O)[O-])c2)sc(C(=O)NC(C)c2ccccc2)c1C. The van der Waals surface area contributed by atoms with Gasteiger partial charge in [0.15, 0.2) is 0 Å². The summed E-state index contributed by atoms with van der Waals surface area (Å²) in [6, 6.07) is 11.3. The summed E-state index contributed by atoms with van der Waals surface area (Å²) in [5, 5.41) is 27.5. The van der Waals surface area contributed by atoms with Crippen LogP contribution in [-0.2, 0) is 4.74 Å². The molecule has 2 N–H and O–H groups in total. The molecule has 1 heterocycles. The molecule has 1 aromatic heterocycles. The van der Waals surface area contributed by atoms with E-state index in [4.69, 9.17) is 4.74 Å². The molecule has 0 aliphatic heterocycles. The maximum Gasteiger partial charge on any atom is 0.341 e. The zero-order chi connectivity index (χ0) is 26.6. The molecule has 0 fully saturated rings. The van der Waals surface area contributed by atoms with E-state index in [1.807, 2.05) is 30.3 Å². The molecule has 0 aliphatic rings. The van der Waals surface area contributed by atoms with Crippen molar-refractivity contribution < 1.29 is 29.0 Å². The van der Waals surface area contributed by atoms with Gasteiger partial charge in [-0.1, -0.05) is 30.3 Å². The van der Waals surface area contributed by atoms with Crippen LogP contribution < -0.4 is 10.6 Å². The van der Waals surface area contributed by atoms with Gasteiger partial charge < -0.3 is 15.4 Å². The molecule has 36 heavy (non-hydrogen) atoms. The third-order valence-corrected chi connectivity index (χ3v) is 6.41. The number of benzene rings is 2. The van der Waals surface area contributed by atoms with Gasteiger partial charge in [-0.3, -0.25) is 29.8 Å². The van der Waals surface area contributed by atoms with Gasteiger partial charge in [0.2, 0.25) is 0 Å². The van der Waals surface area contributed by atoms with Crippen molar-refractivity contribution in [3.63, 3.8) is 0 Å². The van der Waals surface area contributed by atoms with Gasteiger partial charge in [-0.15, -0.1) is 11.3 Å². The van der Waals surface area contributed by atoms with Crippen molar-refractivity contribution in [3.05, 3.63) is 95.9 Å². The topological polar surface area (TPSA) is 171 Å². The van der Waals surface area contributed by atoms with Gasteiger partial charge in [-0.05, 0) is 25.0 Å². The molecular formula is C23H20N4O8S. The van der Waals surface area contributed by atoms with Crippen molar-refractivity contribution in [2.45, 2.75) is 19.9 Å². The van der Waals surface area contributed by atoms with Crippen molar-refractivity contribution >= 4 is 45.5 Å². The van der Waals surface area contributed by atoms with E-state index < -0.39 is 39.0 Å². The highest BCUT2D eigenvalue weighted by atomic mass is 32.1. The molecule has 3 aromatic rings. The predicted molar refractivity (Wildman–Crippen MR) is 130 cm³/mol. The first-order chi connectivity index (χ1) is 17.0. The van der Waals surface area contributed by atoms with Crippen LogP contribution in [0.4, 0.5) is 16.4 Å². The number of nitrogens with one attached hydrogen (secondary N) is 2. The van der Waals surface area contributed by atoms with E-state index in [1.54, 1.807) is 6.92 Å². The molecule has 3 rings (SSSR count). The number of nitro benzene ring substituents is 2. The molecule has 0 aliphatic carbocycles. The first-order valence-electron chi connectivity index (χ1n) is 10.4. The summed E-state index contributed by atoms with van der Waals surface area (Å²) >= 11 is 0.807. The zero-order valence-electron chi connectivity index (χ0n) is 19.3. The lowest BCUT2D eigenvalue weighted by molar-refractivity contribution is -0.394. The Balaban J connectivity index is 1.96. The highest BCUT2D eigenvalue weighted by Crippen LogP contribution is 2.35. The maximum atomic E-state index is 13.0. The average molecular weight is 513 g/mol. The summed E-state index contributed by atoms with van der Waals surface area (Å²) in [5.74, 6) is -2.26. The van der Waals surface area contributed by atoms with Crippen molar-refractivity contribution in [1.29, 1.82) is 0 Å². The second-order valence-corrected chi connectivity index (χ2v) is 8.58. The quantitative estimate of drug-likeness (QED) is 0.254. The van der Waals surface area contributed by atoms with E-state index in [0.717, 1.165) is 42.2 Å². The Kier molecular flexibility index (Phi) is 7.74. The molecule has 2 aromatic carbocycles. The number of amides is 2. The number of nitro groups is 2. The minimum Gasteiger partial charge on any atom is -0.465 e. The largest absolute Gasteiger partial charge is 0.465 e. The first kappa shape index (κ1) is 26.0. The van der Waals surface area contributed by atoms with Crippen LogP contribution in [0, 0.1) is 27.2 Å². The fraction of sp³-hybridized carbons (Fsp3) is 0.174. The monoisotopic (exact) mass is 512 g/mol. The van der Waals surface area contributed by atoms with Crippen LogP contribution in [0.2, 0.25) is 0 Å². The van der Waals surface area contributed by atoms with Gasteiger partial charge in [0.25, 0.3) is 23.2 Å². The standard InChI is InChI=1S/C23H20N4O8S/c1-12-18(23(30)35-3)22(36-19(12)21(29)24-13(2)14-7-5-4-6-8-14)25-20(28)15-9-16(26(31)32)11-17(10-15)27(33)34/h4-11,13H,1-3H3,(H,24,29)(H,25,28). The van der Waals surface area contributed by atoms with Crippen LogP contribution in [0.15, 0.2) is 48.5 Å². The molecular weight excluding hydrogens is 492 g/mol. The van der Waals surface area contributed by atoms with E-state index >= 15 is 0 Å². The molecule has 2 amide bonds. The third-order valence-electron chi connectivity index (χ3n) is 5.20. The van der Waals surface area contributed by atoms with Crippen LogP contribution >= 0.6 is 11.3 Å². The van der Waals surface area contributed by atoms with Gasteiger partial charge in [0, 0.05) is 12.1 Å². The number of esters is 1. The lowest BCUT2D eigenvalue weighted by Crippen LogP contribution is -2.26. The Labute approximate surface area is 208 Å². The number of carbonyl (C=O) groups is 3. The molecule has 0 bridgehead atoms. The van der Waals surface area contributed by atoms with Gasteiger partial charge >= 0.3 is 5.97 Å². The second kappa shape index (κ2) is 10.7. The Morgan fingerprint density at radius 1 is 0.972 bits per heavy atom. The molecule has 0 saturated heterocycles. The molecule has 1 atom stereocenters. The van der Waals surface area contributed by atoms with E-state index in [0.29, 0.717) is 0 Å². The summed E-state index contributed by atoms with van der Waals surface area (Å²) < 4.78 is 4.80. The number of ether oxygens (including phenoxy) is 1. The fourth-order valence-corrected chi connectivity index (χ4v) is 4.46. The highest BCUT2D eigenvalue weighted by Gasteiger charge is 2.28. The van der Waals surface area contributed by atoms with Gasteiger partial charge in [-0.25, -0.2) is 4.79 Å². The number of nitrogens with zero attached hydrogens (tertiary/aromatic N) is 2. The number of rotatable bonds is 8. The van der Waals surface area contributed by atoms with E-state index in [9.17, 15) is 34.6 Å². The van der Waals surface area contributed by atoms with Gasteiger partial charge in [0.05, 0.1) is 45.1 Å². The number of carbonyl (C=O) groups excluding carboxylic acids is 3. The van der Waals surface area contributed by atoms with Crippen LogP contribution in [0.5, 0.6) is 0 Å². The number of anilines is 1. The number of hydrogen-bond donors (Lipinski definition) is 2. The molecule has 13 heteroatoms. The van der Waals surface area contributed by atoms with E-state index in [-0.39, 0.29) is 32.6 Å². The second-order valence-electron chi connectivity index (χ2n) is 7.56. The zero-order valence-corrected chi connectivity index (χ0v) is 20.1. The normalized spacial score (nSPS) is 11.3. The number of non-ortho nitro benzene ring substituents is 2. The Morgan fingerprint density at radius 2 is 1.56 bits per heavy atom. The third kappa shape index (κ3) is 5.52. The minimum absolute atomic E-state index is 0.0453. The van der Waals surface area contributed by atoms with Crippen molar-refractivity contribution in [2.24, 2.45) is 0 Å². The smallest absolute Gasteiger partial charge is 0.341 e. The van der Waals surface area contributed by atoms with Gasteiger partial charge in [0.1, 0.15) is 5.00 Å². The molecule has 0 saturated carbocycles. The summed E-state index contributed by atoms with van der Waals surface area (Å²) in [7, 11) is 1.13. The van der Waals surface area contributed by atoms with Crippen molar-refractivity contribution in [1.82, 2.24) is 5.32 Å². The average Bonchev–Trinajstić information content (AvgIpc) is 3.19. The number of thiophene rings is 1. The molecule has 12 nitrogen and oxygen atoms in total.